The minimum Gasteiger partial charge on any atom is -0.394 e. The number of nitrogens with zero attached hydrogens (tertiary/aromatic N) is 1. The highest BCUT2D eigenvalue weighted by atomic mass is 16.5. The lowest BCUT2D eigenvalue weighted by atomic mass is 10.1. The summed E-state index contributed by atoms with van der Waals surface area (Å²) >= 11 is 0. The van der Waals surface area contributed by atoms with Crippen LogP contribution < -0.4 is 0 Å². The molecular weight excluding hydrogens is 202 g/mol. The molecule has 16 heavy (non-hydrogen) atoms. The molecule has 0 saturated carbocycles. The van der Waals surface area contributed by atoms with Crippen molar-refractivity contribution in [1.82, 2.24) is 4.90 Å². The van der Waals surface area contributed by atoms with Gasteiger partial charge >= 0.3 is 0 Å². The number of ether oxygens (including phenoxy) is 1. The third-order valence-corrected chi connectivity index (χ3v) is 2.96. The smallest absolute Gasteiger partial charge is 0.0698 e. The SMILES string of the molecule is CCCN(CCOCCO)CCC(C)CC. The molecule has 0 amide bonds. The third kappa shape index (κ3) is 9.13. The first kappa shape index (κ1) is 15.9. The molecule has 0 bridgehead atoms. The largest absolute Gasteiger partial charge is 0.394 e. The second-order valence-corrected chi connectivity index (χ2v) is 4.48. The summed E-state index contributed by atoms with van der Waals surface area (Å²) in [6.07, 6.45) is 3.73. The topological polar surface area (TPSA) is 32.7 Å². The summed E-state index contributed by atoms with van der Waals surface area (Å²) < 4.78 is 5.30. The van der Waals surface area contributed by atoms with Crippen LogP contribution in [0.4, 0.5) is 0 Å². The van der Waals surface area contributed by atoms with Crippen LogP contribution in [0.2, 0.25) is 0 Å². The highest BCUT2D eigenvalue weighted by Crippen LogP contribution is 2.07. The van der Waals surface area contributed by atoms with Crippen molar-refractivity contribution in [2.75, 3.05) is 39.5 Å². The minimum absolute atomic E-state index is 0.126. The quantitative estimate of drug-likeness (QED) is 0.553. The summed E-state index contributed by atoms with van der Waals surface area (Å²) in [5.41, 5.74) is 0. The predicted molar refractivity (Wildman–Crippen MR) is 68.7 cm³/mol. The van der Waals surface area contributed by atoms with E-state index in [0.29, 0.717) is 6.61 Å². The Morgan fingerprint density at radius 1 is 1.12 bits per heavy atom. The summed E-state index contributed by atoms with van der Waals surface area (Å²) in [5, 5.41) is 8.60. The lowest BCUT2D eigenvalue weighted by Gasteiger charge is -2.23. The van der Waals surface area contributed by atoms with Gasteiger partial charge in [0.2, 0.25) is 0 Å². The first-order chi connectivity index (χ1) is 7.74. The average molecular weight is 231 g/mol. The summed E-state index contributed by atoms with van der Waals surface area (Å²) in [6, 6.07) is 0. The first-order valence-corrected chi connectivity index (χ1v) is 6.65. The van der Waals surface area contributed by atoms with Gasteiger partial charge in [-0.2, -0.15) is 0 Å². The Morgan fingerprint density at radius 3 is 2.44 bits per heavy atom. The molecule has 0 saturated heterocycles. The van der Waals surface area contributed by atoms with Gasteiger partial charge in [-0.15, -0.1) is 0 Å². The maximum Gasteiger partial charge on any atom is 0.0698 e. The van der Waals surface area contributed by atoms with Gasteiger partial charge in [0.15, 0.2) is 0 Å². The van der Waals surface area contributed by atoms with Crippen molar-refractivity contribution in [2.45, 2.75) is 40.0 Å². The van der Waals surface area contributed by atoms with E-state index >= 15 is 0 Å². The molecule has 0 aromatic heterocycles. The first-order valence-electron chi connectivity index (χ1n) is 6.65. The molecule has 0 aromatic carbocycles. The minimum atomic E-state index is 0.126. The number of hydrogen-bond acceptors (Lipinski definition) is 3. The lowest BCUT2D eigenvalue weighted by Crippen LogP contribution is -2.30. The summed E-state index contributed by atoms with van der Waals surface area (Å²) in [6.45, 7) is 11.4. The monoisotopic (exact) mass is 231 g/mol. The highest BCUT2D eigenvalue weighted by Gasteiger charge is 2.06. The predicted octanol–water partition coefficient (Wildman–Crippen LogP) is 2.14. The number of aliphatic hydroxyl groups is 1. The number of rotatable bonds is 11. The molecule has 0 radical (unpaired) electrons. The van der Waals surface area contributed by atoms with Crippen molar-refractivity contribution in [3.8, 4) is 0 Å². The fourth-order valence-corrected chi connectivity index (χ4v) is 1.62. The zero-order valence-electron chi connectivity index (χ0n) is 11.2. The maximum atomic E-state index is 8.60. The Kier molecular flexibility index (Phi) is 11.3. The van der Waals surface area contributed by atoms with E-state index in [1.165, 1.54) is 25.8 Å². The van der Waals surface area contributed by atoms with Crippen LogP contribution in [0.5, 0.6) is 0 Å². The molecule has 0 aliphatic carbocycles. The van der Waals surface area contributed by atoms with E-state index in [4.69, 9.17) is 9.84 Å². The molecule has 0 spiro atoms. The van der Waals surface area contributed by atoms with E-state index < -0.39 is 0 Å². The van der Waals surface area contributed by atoms with Gasteiger partial charge in [0, 0.05) is 6.54 Å². The summed E-state index contributed by atoms with van der Waals surface area (Å²) in [7, 11) is 0. The molecular formula is C13H29NO2. The van der Waals surface area contributed by atoms with E-state index in [9.17, 15) is 0 Å². The van der Waals surface area contributed by atoms with Crippen molar-refractivity contribution in [2.24, 2.45) is 5.92 Å². The Hall–Kier alpha value is -0.120. The molecule has 3 nitrogen and oxygen atoms in total. The molecule has 0 heterocycles. The van der Waals surface area contributed by atoms with Crippen LogP contribution in [0, 0.1) is 5.92 Å². The molecule has 0 aliphatic rings. The van der Waals surface area contributed by atoms with E-state index in [1.54, 1.807) is 0 Å². The standard InChI is InChI=1S/C13H29NO2/c1-4-7-14(8-6-13(3)5-2)9-11-16-12-10-15/h13,15H,4-12H2,1-3H3. The molecule has 0 aliphatic heterocycles. The van der Waals surface area contributed by atoms with Crippen LogP contribution in [-0.4, -0.2) is 49.5 Å². The zero-order chi connectivity index (χ0) is 12.2. The third-order valence-electron chi connectivity index (χ3n) is 2.96. The van der Waals surface area contributed by atoms with Gasteiger partial charge in [-0.1, -0.05) is 27.2 Å². The van der Waals surface area contributed by atoms with Crippen LogP contribution in [0.3, 0.4) is 0 Å². The Morgan fingerprint density at radius 2 is 1.88 bits per heavy atom. The fourth-order valence-electron chi connectivity index (χ4n) is 1.62. The van der Waals surface area contributed by atoms with E-state index in [-0.39, 0.29) is 6.61 Å². The Bertz CT molecular complexity index is 142. The number of aliphatic hydroxyl groups excluding tert-OH is 1. The van der Waals surface area contributed by atoms with Crippen LogP contribution in [0.1, 0.15) is 40.0 Å². The highest BCUT2D eigenvalue weighted by molar-refractivity contribution is 4.60. The average Bonchev–Trinajstić information content (AvgIpc) is 2.30. The van der Waals surface area contributed by atoms with Crippen LogP contribution in [-0.2, 0) is 4.74 Å². The van der Waals surface area contributed by atoms with Crippen molar-refractivity contribution in [1.29, 1.82) is 0 Å². The molecule has 3 heteroatoms. The van der Waals surface area contributed by atoms with Crippen molar-refractivity contribution in [3.63, 3.8) is 0 Å². The Labute approximate surface area is 101 Å². The fraction of sp³-hybridized carbons (Fsp3) is 1.00. The van der Waals surface area contributed by atoms with Gasteiger partial charge in [-0.3, -0.25) is 0 Å². The van der Waals surface area contributed by atoms with E-state index in [0.717, 1.165) is 25.6 Å². The van der Waals surface area contributed by atoms with Crippen molar-refractivity contribution >= 4 is 0 Å². The summed E-state index contributed by atoms with van der Waals surface area (Å²) in [5.74, 6) is 0.817. The Balaban J connectivity index is 3.61. The van der Waals surface area contributed by atoms with E-state index in [1.807, 2.05) is 0 Å². The van der Waals surface area contributed by atoms with Gasteiger partial charge in [0.25, 0.3) is 0 Å². The molecule has 98 valence electrons. The van der Waals surface area contributed by atoms with Crippen molar-refractivity contribution in [3.05, 3.63) is 0 Å². The molecule has 0 aromatic rings. The van der Waals surface area contributed by atoms with Crippen LogP contribution in [0.25, 0.3) is 0 Å². The molecule has 0 rings (SSSR count). The second kappa shape index (κ2) is 11.4. The van der Waals surface area contributed by atoms with Crippen LogP contribution >= 0.6 is 0 Å². The van der Waals surface area contributed by atoms with Crippen LogP contribution in [0.15, 0.2) is 0 Å². The molecule has 1 unspecified atom stereocenters. The maximum absolute atomic E-state index is 8.60. The van der Waals surface area contributed by atoms with Gasteiger partial charge in [0.05, 0.1) is 19.8 Å². The van der Waals surface area contributed by atoms with Gasteiger partial charge in [0.1, 0.15) is 0 Å². The van der Waals surface area contributed by atoms with Gasteiger partial charge in [-0.05, 0) is 31.8 Å². The number of hydrogen-bond donors (Lipinski definition) is 1. The normalized spacial score (nSPS) is 13.3. The van der Waals surface area contributed by atoms with E-state index in [2.05, 4.69) is 25.7 Å². The van der Waals surface area contributed by atoms with Gasteiger partial charge < -0.3 is 14.7 Å². The molecule has 1 atom stereocenters. The lowest BCUT2D eigenvalue weighted by molar-refractivity contribution is 0.0724. The van der Waals surface area contributed by atoms with Gasteiger partial charge in [-0.25, -0.2) is 0 Å². The molecule has 0 fully saturated rings. The summed E-state index contributed by atoms with van der Waals surface area (Å²) in [4.78, 5) is 2.46. The zero-order valence-corrected chi connectivity index (χ0v) is 11.2. The van der Waals surface area contributed by atoms with Crippen molar-refractivity contribution < 1.29 is 9.84 Å². The molecule has 1 N–H and O–H groups in total. The second-order valence-electron chi connectivity index (χ2n) is 4.48.